The maximum Gasteiger partial charge on any atom is 0.221 e. The van der Waals surface area contributed by atoms with E-state index in [4.69, 9.17) is 15.2 Å². The highest BCUT2D eigenvalue weighted by Crippen LogP contribution is 2.28. The molecule has 0 aliphatic rings. The van der Waals surface area contributed by atoms with Crippen LogP contribution in [0.4, 0.5) is 0 Å². The molecular weight excluding hydrogens is 206 g/mol. The maximum absolute atomic E-state index is 10.7. The van der Waals surface area contributed by atoms with Crippen molar-refractivity contribution in [3.05, 3.63) is 23.8 Å². The molecule has 1 unspecified atom stereocenters. The van der Waals surface area contributed by atoms with Gasteiger partial charge in [-0.25, -0.2) is 0 Å². The van der Waals surface area contributed by atoms with Gasteiger partial charge in [0.15, 0.2) is 11.5 Å². The van der Waals surface area contributed by atoms with E-state index in [-0.39, 0.29) is 18.4 Å². The molecule has 1 aromatic rings. The minimum Gasteiger partial charge on any atom is -0.493 e. The van der Waals surface area contributed by atoms with Gasteiger partial charge in [0.2, 0.25) is 5.91 Å². The number of aryl methyl sites for hydroxylation is 1. The molecule has 0 aliphatic carbocycles. The van der Waals surface area contributed by atoms with Crippen molar-refractivity contribution in [3.63, 3.8) is 0 Å². The summed E-state index contributed by atoms with van der Waals surface area (Å²) in [5, 5.41) is 0. The normalized spacial score (nSPS) is 11.9. The van der Waals surface area contributed by atoms with Crippen molar-refractivity contribution in [2.45, 2.75) is 26.4 Å². The van der Waals surface area contributed by atoms with Crippen molar-refractivity contribution >= 4 is 5.91 Å². The lowest BCUT2D eigenvalue weighted by atomic mass is 10.2. The van der Waals surface area contributed by atoms with Gasteiger partial charge in [-0.1, -0.05) is 6.07 Å². The van der Waals surface area contributed by atoms with Crippen LogP contribution in [0.1, 0.15) is 18.9 Å². The number of carbonyl (C=O) groups excluding carboxylic acids is 1. The van der Waals surface area contributed by atoms with Crippen LogP contribution in [0.15, 0.2) is 18.2 Å². The Bertz CT molecular complexity index is 377. The van der Waals surface area contributed by atoms with Crippen molar-refractivity contribution < 1.29 is 14.3 Å². The quantitative estimate of drug-likeness (QED) is 0.825. The molecule has 4 nitrogen and oxygen atoms in total. The third-order valence-electron chi connectivity index (χ3n) is 2.14. The summed E-state index contributed by atoms with van der Waals surface area (Å²) in [5.74, 6) is 0.914. The standard InChI is InChI=1S/C12H17NO3/c1-8-4-5-10(11(6-8)15-3)16-9(2)7-12(13)14/h4-6,9H,7H2,1-3H3,(H2,13,14). The summed E-state index contributed by atoms with van der Waals surface area (Å²) in [5.41, 5.74) is 6.18. The van der Waals surface area contributed by atoms with E-state index in [1.165, 1.54) is 0 Å². The summed E-state index contributed by atoms with van der Waals surface area (Å²) < 4.78 is 10.8. The van der Waals surface area contributed by atoms with Crippen molar-refractivity contribution in [3.8, 4) is 11.5 Å². The fourth-order valence-corrected chi connectivity index (χ4v) is 1.41. The molecule has 1 amide bonds. The highest BCUT2D eigenvalue weighted by atomic mass is 16.5. The van der Waals surface area contributed by atoms with Crippen molar-refractivity contribution in [2.75, 3.05) is 7.11 Å². The van der Waals surface area contributed by atoms with Crippen LogP contribution in [0.3, 0.4) is 0 Å². The Morgan fingerprint density at radius 3 is 2.69 bits per heavy atom. The molecule has 0 radical (unpaired) electrons. The van der Waals surface area contributed by atoms with Crippen LogP contribution in [0.25, 0.3) is 0 Å². The molecule has 1 rings (SSSR count). The molecule has 0 bridgehead atoms. The molecule has 88 valence electrons. The Morgan fingerprint density at radius 2 is 2.12 bits per heavy atom. The Labute approximate surface area is 95.3 Å². The Morgan fingerprint density at radius 1 is 1.44 bits per heavy atom. The molecule has 0 saturated carbocycles. The first-order valence-electron chi connectivity index (χ1n) is 5.12. The third-order valence-corrected chi connectivity index (χ3v) is 2.14. The van der Waals surface area contributed by atoms with E-state index in [1.54, 1.807) is 14.0 Å². The minimum atomic E-state index is -0.376. The maximum atomic E-state index is 10.7. The number of nitrogens with two attached hydrogens (primary N) is 1. The van der Waals surface area contributed by atoms with Gasteiger partial charge in [-0.15, -0.1) is 0 Å². The molecule has 2 N–H and O–H groups in total. The van der Waals surface area contributed by atoms with Gasteiger partial charge >= 0.3 is 0 Å². The van der Waals surface area contributed by atoms with Crippen LogP contribution in [-0.2, 0) is 4.79 Å². The first kappa shape index (κ1) is 12.4. The molecule has 0 aliphatic heterocycles. The van der Waals surface area contributed by atoms with Gasteiger partial charge in [-0.3, -0.25) is 4.79 Å². The van der Waals surface area contributed by atoms with Gasteiger partial charge in [0.1, 0.15) is 6.10 Å². The first-order chi connectivity index (χ1) is 7.52. The number of carbonyl (C=O) groups is 1. The van der Waals surface area contributed by atoms with Crippen molar-refractivity contribution in [2.24, 2.45) is 5.73 Å². The predicted molar refractivity (Wildman–Crippen MR) is 61.6 cm³/mol. The van der Waals surface area contributed by atoms with E-state index < -0.39 is 0 Å². The average Bonchev–Trinajstić information content (AvgIpc) is 2.19. The zero-order chi connectivity index (χ0) is 12.1. The molecule has 0 heterocycles. The number of primary amides is 1. The molecule has 1 atom stereocenters. The number of rotatable bonds is 5. The Kier molecular flexibility index (Phi) is 4.17. The summed E-state index contributed by atoms with van der Waals surface area (Å²) in [6.45, 7) is 3.77. The van der Waals surface area contributed by atoms with Gasteiger partial charge in [0.25, 0.3) is 0 Å². The molecule has 1 aromatic carbocycles. The highest BCUT2D eigenvalue weighted by Gasteiger charge is 2.11. The number of benzene rings is 1. The van der Waals surface area contributed by atoms with Gasteiger partial charge in [-0.2, -0.15) is 0 Å². The average molecular weight is 223 g/mol. The lowest BCUT2D eigenvalue weighted by Crippen LogP contribution is -2.22. The van der Waals surface area contributed by atoms with Crippen LogP contribution in [0.5, 0.6) is 11.5 Å². The van der Waals surface area contributed by atoms with Gasteiger partial charge < -0.3 is 15.2 Å². The molecule has 0 saturated heterocycles. The van der Waals surface area contributed by atoms with Crippen molar-refractivity contribution in [1.82, 2.24) is 0 Å². The molecule has 4 heteroatoms. The van der Waals surface area contributed by atoms with E-state index >= 15 is 0 Å². The lowest BCUT2D eigenvalue weighted by molar-refractivity contribution is -0.119. The van der Waals surface area contributed by atoms with E-state index in [9.17, 15) is 4.79 Å². The lowest BCUT2D eigenvalue weighted by Gasteiger charge is -2.15. The predicted octanol–water partition coefficient (Wildman–Crippen LogP) is 1.65. The molecule has 0 spiro atoms. The van der Waals surface area contributed by atoms with Crippen LogP contribution in [0, 0.1) is 6.92 Å². The zero-order valence-corrected chi connectivity index (χ0v) is 9.82. The molecule has 16 heavy (non-hydrogen) atoms. The van der Waals surface area contributed by atoms with Gasteiger partial charge in [-0.05, 0) is 31.5 Å². The van der Waals surface area contributed by atoms with Crippen LogP contribution < -0.4 is 15.2 Å². The van der Waals surface area contributed by atoms with Crippen molar-refractivity contribution in [1.29, 1.82) is 0 Å². The number of methoxy groups -OCH3 is 1. The van der Waals surface area contributed by atoms with Gasteiger partial charge in [0.05, 0.1) is 13.5 Å². The van der Waals surface area contributed by atoms with Gasteiger partial charge in [0, 0.05) is 0 Å². The summed E-state index contributed by atoms with van der Waals surface area (Å²) in [4.78, 5) is 10.7. The topological polar surface area (TPSA) is 61.6 Å². The second-order valence-electron chi connectivity index (χ2n) is 3.75. The summed E-state index contributed by atoms with van der Waals surface area (Å²) >= 11 is 0. The fraction of sp³-hybridized carbons (Fsp3) is 0.417. The SMILES string of the molecule is COc1cc(C)ccc1OC(C)CC(N)=O. The molecule has 0 fully saturated rings. The second kappa shape index (κ2) is 5.39. The smallest absolute Gasteiger partial charge is 0.221 e. The summed E-state index contributed by atoms with van der Waals surface area (Å²) in [6.07, 6.45) is -0.0640. The van der Waals surface area contributed by atoms with Crippen LogP contribution in [0.2, 0.25) is 0 Å². The second-order valence-corrected chi connectivity index (χ2v) is 3.75. The Hall–Kier alpha value is -1.71. The molecule has 0 aromatic heterocycles. The Balaban J connectivity index is 2.76. The first-order valence-corrected chi connectivity index (χ1v) is 5.12. The van der Waals surface area contributed by atoms with E-state index in [0.717, 1.165) is 5.56 Å². The monoisotopic (exact) mass is 223 g/mol. The number of hydrogen-bond donors (Lipinski definition) is 1. The van der Waals surface area contributed by atoms with Crippen LogP contribution in [-0.4, -0.2) is 19.1 Å². The van der Waals surface area contributed by atoms with E-state index in [2.05, 4.69) is 0 Å². The molecular formula is C12H17NO3. The van der Waals surface area contributed by atoms with Crippen LogP contribution >= 0.6 is 0 Å². The third kappa shape index (κ3) is 3.46. The number of ether oxygens (including phenoxy) is 2. The summed E-state index contributed by atoms with van der Waals surface area (Å²) in [6, 6.07) is 5.63. The number of amides is 1. The van der Waals surface area contributed by atoms with E-state index in [1.807, 2.05) is 25.1 Å². The highest BCUT2D eigenvalue weighted by molar-refractivity contribution is 5.74. The minimum absolute atomic E-state index is 0.191. The van der Waals surface area contributed by atoms with E-state index in [0.29, 0.717) is 11.5 Å². The fourth-order valence-electron chi connectivity index (χ4n) is 1.41. The summed E-state index contributed by atoms with van der Waals surface area (Å²) in [7, 11) is 1.58. The number of hydrogen-bond acceptors (Lipinski definition) is 3. The largest absolute Gasteiger partial charge is 0.493 e. The zero-order valence-electron chi connectivity index (χ0n) is 9.82.